The van der Waals surface area contributed by atoms with Crippen LogP contribution in [0.1, 0.15) is 23.2 Å². The number of ether oxygens (including phenoxy) is 1. The van der Waals surface area contributed by atoms with Crippen LogP contribution in [0.25, 0.3) is 0 Å². The van der Waals surface area contributed by atoms with Gasteiger partial charge in [0.05, 0.1) is 13.2 Å². The van der Waals surface area contributed by atoms with Crippen molar-refractivity contribution in [3.63, 3.8) is 0 Å². The second-order valence-electron chi connectivity index (χ2n) is 5.14. The second kappa shape index (κ2) is 7.59. The molecule has 1 fully saturated rings. The smallest absolute Gasteiger partial charge is 0.194 e. The van der Waals surface area contributed by atoms with Gasteiger partial charge >= 0.3 is 0 Å². The van der Waals surface area contributed by atoms with Crippen molar-refractivity contribution in [1.82, 2.24) is 15.2 Å². The third-order valence-electron chi connectivity index (χ3n) is 3.29. The maximum absolute atomic E-state index is 5.43. The fraction of sp³-hybridized carbons (Fsp3) is 0.714. The first-order valence-electron chi connectivity index (χ1n) is 7.17. The number of aliphatic imine (C=N–C) groups is 1. The second-order valence-corrected chi connectivity index (χ2v) is 6.46. The summed E-state index contributed by atoms with van der Waals surface area (Å²) in [4.78, 5) is 12.5. The van der Waals surface area contributed by atoms with Gasteiger partial charge in [-0.2, -0.15) is 0 Å². The molecule has 0 aromatic carbocycles. The summed E-state index contributed by atoms with van der Waals surface area (Å²) < 4.78 is 5.43. The Hall–Kier alpha value is -1.14. The molecule has 6 heteroatoms. The predicted octanol–water partition coefficient (Wildman–Crippen LogP) is 1.89. The number of hydrogen-bond acceptors (Lipinski definition) is 4. The van der Waals surface area contributed by atoms with Crippen LogP contribution >= 0.6 is 11.3 Å². The summed E-state index contributed by atoms with van der Waals surface area (Å²) in [5.41, 5.74) is 0. The average Bonchev–Trinajstić information content (AvgIpc) is 3.06. The number of guanidine groups is 1. The molecule has 1 aromatic rings. The van der Waals surface area contributed by atoms with Crippen LogP contribution in [0.5, 0.6) is 0 Å². The molecule has 1 aliphatic heterocycles. The minimum atomic E-state index is 0.617. The average molecular weight is 296 g/mol. The molecular weight excluding hydrogens is 272 g/mol. The highest BCUT2D eigenvalue weighted by Gasteiger charge is 2.19. The van der Waals surface area contributed by atoms with Gasteiger partial charge in [-0.3, -0.25) is 0 Å². The summed E-state index contributed by atoms with van der Waals surface area (Å²) in [5.74, 6) is 1.57. The lowest BCUT2D eigenvalue weighted by atomic mass is 10.1. The molecule has 1 saturated heterocycles. The largest absolute Gasteiger partial charge is 0.381 e. The molecule has 0 saturated carbocycles. The van der Waals surface area contributed by atoms with Crippen LogP contribution in [0, 0.1) is 12.8 Å². The molecule has 1 atom stereocenters. The molecule has 0 amide bonds. The topological polar surface area (TPSA) is 49.8 Å². The highest BCUT2D eigenvalue weighted by molar-refractivity contribution is 7.11. The van der Waals surface area contributed by atoms with E-state index < -0.39 is 0 Å². The SMILES string of the molecule is CCNC(=NCc1ncc(C)s1)N(C)CC1CCOC1. The Morgan fingerprint density at radius 2 is 2.50 bits per heavy atom. The summed E-state index contributed by atoms with van der Waals surface area (Å²) in [7, 11) is 2.09. The van der Waals surface area contributed by atoms with E-state index in [0.29, 0.717) is 12.5 Å². The minimum Gasteiger partial charge on any atom is -0.381 e. The van der Waals surface area contributed by atoms with Gasteiger partial charge in [0, 0.05) is 43.7 Å². The van der Waals surface area contributed by atoms with Crippen molar-refractivity contribution in [2.45, 2.75) is 26.8 Å². The van der Waals surface area contributed by atoms with Gasteiger partial charge in [-0.05, 0) is 20.3 Å². The maximum atomic E-state index is 5.43. The number of hydrogen-bond donors (Lipinski definition) is 1. The first kappa shape index (κ1) is 15.3. The molecule has 2 rings (SSSR count). The molecule has 1 unspecified atom stereocenters. The molecule has 1 aromatic heterocycles. The van der Waals surface area contributed by atoms with Gasteiger partial charge in [-0.25, -0.2) is 9.98 Å². The number of aromatic nitrogens is 1. The summed E-state index contributed by atoms with van der Waals surface area (Å²) in [6.45, 7) is 8.44. The van der Waals surface area contributed by atoms with Crippen molar-refractivity contribution in [3.05, 3.63) is 16.1 Å². The summed E-state index contributed by atoms with van der Waals surface area (Å²) >= 11 is 1.71. The zero-order valence-electron chi connectivity index (χ0n) is 12.6. The molecule has 20 heavy (non-hydrogen) atoms. The predicted molar refractivity (Wildman–Crippen MR) is 83.2 cm³/mol. The van der Waals surface area contributed by atoms with Crippen LogP contribution in [-0.4, -0.2) is 49.2 Å². The number of thiazole rings is 1. The Labute approximate surface area is 125 Å². The molecule has 0 spiro atoms. The van der Waals surface area contributed by atoms with Crippen LogP contribution in [0.4, 0.5) is 0 Å². The van der Waals surface area contributed by atoms with Gasteiger partial charge < -0.3 is 15.0 Å². The van der Waals surface area contributed by atoms with Crippen molar-refractivity contribution < 1.29 is 4.74 Å². The van der Waals surface area contributed by atoms with Gasteiger partial charge in [0.1, 0.15) is 5.01 Å². The number of rotatable bonds is 5. The van der Waals surface area contributed by atoms with Crippen LogP contribution in [0.2, 0.25) is 0 Å². The highest BCUT2D eigenvalue weighted by Crippen LogP contribution is 2.14. The van der Waals surface area contributed by atoms with Crippen molar-refractivity contribution in [2.75, 3.05) is 33.4 Å². The summed E-state index contributed by atoms with van der Waals surface area (Å²) in [6, 6.07) is 0. The third-order valence-corrected chi connectivity index (χ3v) is 4.18. The van der Waals surface area contributed by atoms with E-state index in [-0.39, 0.29) is 0 Å². The fourth-order valence-electron chi connectivity index (χ4n) is 2.29. The molecule has 2 heterocycles. The van der Waals surface area contributed by atoms with E-state index in [4.69, 9.17) is 4.74 Å². The van der Waals surface area contributed by atoms with Crippen LogP contribution in [-0.2, 0) is 11.3 Å². The van der Waals surface area contributed by atoms with Gasteiger partial charge in [-0.1, -0.05) is 0 Å². The Bertz CT molecular complexity index is 440. The van der Waals surface area contributed by atoms with E-state index in [1.165, 1.54) is 4.88 Å². The van der Waals surface area contributed by atoms with Crippen LogP contribution in [0.3, 0.4) is 0 Å². The van der Waals surface area contributed by atoms with E-state index in [1.807, 2.05) is 6.20 Å². The van der Waals surface area contributed by atoms with Gasteiger partial charge in [0.15, 0.2) is 5.96 Å². The van der Waals surface area contributed by atoms with Crippen molar-refractivity contribution >= 4 is 17.3 Å². The number of aryl methyl sites for hydroxylation is 1. The number of nitrogens with one attached hydrogen (secondary N) is 1. The van der Waals surface area contributed by atoms with Gasteiger partial charge in [0.25, 0.3) is 0 Å². The molecule has 0 bridgehead atoms. The van der Waals surface area contributed by atoms with Crippen molar-refractivity contribution in [3.8, 4) is 0 Å². The molecule has 1 N–H and O–H groups in total. The van der Waals surface area contributed by atoms with Crippen molar-refractivity contribution in [1.29, 1.82) is 0 Å². The Morgan fingerprint density at radius 3 is 3.10 bits per heavy atom. The van der Waals surface area contributed by atoms with Gasteiger partial charge in [0.2, 0.25) is 0 Å². The third kappa shape index (κ3) is 4.45. The van der Waals surface area contributed by atoms with Crippen LogP contribution < -0.4 is 5.32 Å². The van der Waals surface area contributed by atoms with E-state index >= 15 is 0 Å². The first-order chi connectivity index (χ1) is 9.69. The quantitative estimate of drug-likeness (QED) is 0.666. The van der Waals surface area contributed by atoms with Gasteiger partial charge in [-0.15, -0.1) is 11.3 Å². The standard InChI is InChI=1S/C14H24N4OS/c1-4-15-14(17-8-13-16-7-11(2)20-13)18(3)9-12-5-6-19-10-12/h7,12H,4-6,8-10H2,1-3H3,(H,15,17). The normalized spacial score (nSPS) is 19.4. The maximum Gasteiger partial charge on any atom is 0.194 e. The van der Waals surface area contributed by atoms with E-state index in [9.17, 15) is 0 Å². The van der Waals surface area contributed by atoms with E-state index in [1.54, 1.807) is 11.3 Å². The fourth-order valence-corrected chi connectivity index (χ4v) is 3.00. The first-order valence-corrected chi connectivity index (χ1v) is 7.99. The summed E-state index contributed by atoms with van der Waals surface area (Å²) in [6.07, 6.45) is 3.05. The lowest BCUT2D eigenvalue weighted by Gasteiger charge is -2.24. The Balaban J connectivity index is 1.93. The minimum absolute atomic E-state index is 0.617. The molecular formula is C14H24N4OS. The Morgan fingerprint density at radius 1 is 1.65 bits per heavy atom. The summed E-state index contributed by atoms with van der Waals surface area (Å²) in [5, 5.41) is 4.41. The van der Waals surface area contributed by atoms with Crippen molar-refractivity contribution in [2.24, 2.45) is 10.9 Å². The lowest BCUT2D eigenvalue weighted by molar-refractivity contribution is 0.181. The molecule has 0 aliphatic carbocycles. The van der Waals surface area contributed by atoms with Crippen LogP contribution in [0.15, 0.2) is 11.2 Å². The molecule has 1 aliphatic rings. The highest BCUT2D eigenvalue weighted by atomic mass is 32.1. The molecule has 5 nitrogen and oxygen atoms in total. The monoisotopic (exact) mass is 296 g/mol. The zero-order chi connectivity index (χ0) is 14.4. The Kier molecular flexibility index (Phi) is 5.79. The number of nitrogens with zero attached hydrogens (tertiary/aromatic N) is 3. The van der Waals surface area contributed by atoms with E-state index in [2.05, 4.69) is 41.1 Å². The van der Waals surface area contributed by atoms with E-state index in [0.717, 1.165) is 43.7 Å². The molecule has 112 valence electrons. The zero-order valence-corrected chi connectivity index (χ0v) is 13.4. The lowest BCUT2D eigenvalue weighted by Crippen LogP contribution is -2.41. The molecule has 0 radical (unpaired) electrons.